The number of hydrogen-bond acceptors (Lipinski definition) is 3. The standard InChI is InChI=1S/C12H15NO2/c1-13-6-9-3-8-4-10(7-14)12(15-2)5-11(8)9/h4-5,7,9,13H,3,6H2,1-2H3/t9-/m1/s1. The SMILES string of the molecule is CNC[C@H]1Cc2cc(C=O)c(OC)cc21. The third kappa shape index (κ3) is 1.63. The molecule has 0 amide bonds. The number of hydrogen-bond donors (Lipinski definition) is 1. The molecular formula is C12H15NO2. The fourth-order valence-corrected chi connectivity index (χ4v) is 2.16. The number of benzene rings is 1. The van der Waals surface area contributed by atoms with Crippen molar-refractivity contribution in [3.63, 3.8) is 0 Å². The summed E-state index contributed by atoms with van der Waals surface area (Å²) in [5.74, 6) is 1.25. The van der Waals surface area contributed by atoms with Crippen LogP contribution >= 0.6 is 0 Å². The molecule has 0 aromatic heterocycles. The number of likely N-dealkylation sites (N-methyl/N-ethyl adjacent to an activating group) is 1. The van der Waals surface area contributed by atoms with Gasteiger partial charge in [-0.25, -0.2) is 0 Å². The zero-order chi connectivity index (χ0) is 10.8. The number of nitrogens with one attached hydrogen (secondary N) is 1. The first-order valence-electron chi connectivity index (χ1n) is 5.10. The summed E-state index contributed by atoms with van der Waals surface area (Å²) >= 11 is 0. The summed E-state index contributed by atoms with van der Waals surface area (Å²) in [5, 5.41) is 3.17. The molecule has 0 unspecified atom stereocenters. The van der Waals surface area contributed by atoms with Crippen molar-refractivity contribution in [3.8, 4) is 5.75 Å². The van der Waals surface area contributed by atoms with Crippen molar-refractivity contribution in [1.29, 1.82) is 0 Å². The van der Waals surface area contributed by atoms with Gasteiger partial charge >= 0.3 is 0 Å². The molecule has 1 atom stereocenters. The quantitative estimate of drug-likeness (QED) is 0.754. The van der Waals surface area contributed by atoms with E-state index in [2.05, 4.69) is 5.32 Å². The number of carbonyl (C=O) groups is 1. The summed E-state index contributed by atoms with van der Waals surface area (Å²) in [6.45, 7) is 0.983. The maximum absolute atomic E-state index is 10.8. The molecule has 0 heterocycles. The van der Waals surface area contributed by atoms with Gasteiger partial charge in [0.25, 0.3) is 0 Å². The molecule has 3 heteroatoms. The highest BCUT2D eigenvalue weighted by Crippen LogP contribution is 2.38. The second-order valence-corrected chi connectivity index (χ2v) is 3.87. The van der Waals surface area contributed by atoms with Crippen molar-refractivity contribution in [3.05, 3.63) is 28.8 Å². The zero-order valence-electron chi connectivity index (χ0n) is 9.04. The molecule has 0 spiro atoms. The Bertz CT molecular complexity index is 387. The van der Waals surface area contributed by atoms with Gasteiger partial charge in [0.2, 0.25) is 0 Å². The number of aldehydes is 1. The summed E-state index contributed by atoms with van der Waals surface area (Å²) in [5.41, 5.74) is 3.24. The van der Waals surface area contributed by atoms with E-state index in [0.29, 0.717) is 17.2 Å². The first-order valence-corrected chi connectivity index (χ1v) is 5.10. The second-order valence-electron chi connectivity index (χ2n) is 3.87. The maximum Gasteiger partial charge on any atom is 0.153 e. The van der Waals surface area contributed by atoms with Crippen molar-refractivity contribution in [2.45, 2.75) is 12.3 Å². The lowest BCUT2D eigenvalue weighted by Crippen LogP contribution is -2.27. The van der Waals surface area contributed by atoms with Gasteiger partial charge in [-0.15, -0.1) is 0 Å². The molecule has 1 aromatic carbocycles. The predicted octanol–water partition coefficient (Wildman–Crippen LogP) is 1.37. The van der Waals surface area contributed by atoms with Gasteiger partial charge in [-0.3, -0.25) is 4.79 Å². The van der Waals surface area contributed by atoms with Crippen LogP contribution in [0.4, 0.5) is 0 Å². The molecule has 0 aliphatic heterocycles. The van der Waals surface area contributed by atoms with Crippen LogP contribution < -0.4 is 10.1 Å². The highest BCUT2D eigenvalue weighted by Gasteiger charge is 2.27. The maximum atomic E-state index is 10.8. The third-order valence-corrected chi connectivity index (χ3v) is 2.98. The number of methoxy groups -OCH3 is 1. The van der Waals surface area contributed by atoms with Crippen LogP contribution in [-0.2, 0) is 6.42 Å². The van der Waals surface area contributed by atoms with Gasteiger partial charge in [-0.05, 0) is 36.7 Å². The predicted molar refractivity (Wildman–Crippen MR) is 58.8 cm³/mol. The largest absolute Gasteiger partial charge is 0.496 e. The fourth-order valence-electron chi connectivity index (χ4n) is 2.16. The van der Waals surface area contributed by atoms with Gasteiger partial charge in [-0.2, -0.15) is 0 Å². The van der Waals surface area contributed by atoms with Crippen LogP contribution in [0.2, 0.25) is 0 Å². The zero-order valence-corrected chi connectivity index (χ0v) is 9.04. The van der Waals surface area contributed by atoms with Gasteiger partial charge < -0.3 is 10.1 Å². The van der Waals surface area contributed by atoms with Gasteiger partial charge in [-0.1, -0.05) is 0 Å². The second kappa shape index (κ2) is 4.03. The van der Waals surface area contributed by atoms with E-state index in [1.807, 2.05) is 19.2 Å². The lowest BCUT2D eigenvalue weighted by molar-refractivity contribution is 0.112. The monoisotopic (exact) mass is 205 g/mol. The van der Waals surface area contributed by atoms with Crippen LogP contribution in [0.1, 0.15) is 27.4 Å². The van der Waals surface area contributed by atoms with Crippen LogP contribution in [0, 0.1) is 0 Å². The molecule has 0 fully saturated rings. The molecule has 0 saturated heterocycles. The Morgan fingerprint density at radius 2 is 2.40 bits per heavy atom. The Labute approximate surface area is 89.4 Å². The van der Waals surface area contributed by atoms with Crippen molar-refractivity contribution >= 4 is 6.29 Å². The Balaban J connectivity index is 2.32. The molecule has 0 bridgehead atoms. The van der Waals surface area contributed by atoms with Gasteiger partial charge in [0.05, 0.1) is 12.7 Å². The molecule has 3 nitrogen and oxygen atoms in total. The van der Waals surface area contributed by atoms with Crippen LogP contribution in [0.15, 0.2) is 12.1 Å². The highest BCUT2D eigenvalue weighted by atomic mass is 16.5. The highest BCUT2D eigenvalue weighted by molar-refractivity contribution is 5.80. The first kappa shape index (κ1) is 10.2. The molecule has 1 aliphatic rings. The van der Waals surface area contributed by atoms with E-state index < -0.39 is 0 Å². The number of ether oxygens (including phenoxy) is 1. The van der Waals surface area contributed by atoms with E-state index in [0.717, 1.165) is 19.3 Å². The normalized spacial score (nSPS) is 17.9. The third-order valence-electron chi connectivity index (χ3n) is 2.98. The van der Waals surface area contributed by atoms with Crippen molar-refractivity contribution in [2.24, 2.45) is 0 Å². The van der Waals surface area contributed by atoms with Gasteiger partial charge in [0.15, 0.2) is 6.29 Å². The van der Waals surface area contributed by atoms with E-state index in [-0.39, 0.29) is 0 Å². The van der Waals surface area contributed by atoms with E-state index in [1.54, 1.807) is 7.11 Å². The van der Waals surface area contributed by atoms with E-state index in [9.17, 15) is 4.79 Å². The minimum atomic E-state index is 0.569. The fraction of sp³-hybridized carbons (Fsp3) is 0.417. The van der Waals surface area contributed by atoms with Gasteiger partial charge in [0.1, 0.15) is 5.75 Å². The summed E-state index contributed by atoms with van der Waals surface area (Å²) in [6.07, 6.45) is 1.91. The topological polar surface area (TPSA) is 38.3 Å². The van der Waals surface area contributed by atoms with Crippen LogP contribution in [0.25, 0.3) is 0 Å². The average Bonchev–Trinajstić information content (AvgIpc) is 2.25. The molecule has 0 saturated carbocycles. The van der Waals surface area contributed by atoms with E-state index in [1.165, 1.54) is 11.1 Å². The Hall–Kier alpha value is -1.35. The molecule has 80 valence electrons. The molecule has 1 aliphatic carbocycles. The number of carbonyl (C=O) groups excluding carboxylic acids is 1. The molecule has 15 heavy (non-hydrogen) atoms. The number of rotatable bonds is 4. The van der Waals surface area contributed by atoms with Crippen LogP contribution in [-0.4, -0.2) is 27.0 Å². The molecule has 1 N–H and O–H groups in total. The molecule has 1 aromatic rings. The summed E-state index contributed by atoms with van der Waals surface area (Å²) in [7, 11) is 3.55. The van der Waals surface area contributed by atoms with Crippen LogP contribution in [0.5, 0.6) is 5.75 Å². The molecule has 2 rings (SSSR count). The molecule has 0 radical (unpaired) electrons. The van der Waals surface area contributed by atoms with Crippen molar-refractivity contribution < 1.29 is 9.53 Å². The summed E-state index contributed by atoms with van der Waals surface area (Å²) < 4.78 is 5.18. The number of fused-ring (bicyclic) bond motifs is 1. The lowest BCUT2D eigenvalue weighted by Gasteiger charge is -2.31. The van der Waals surface area contributed by atoms with E-state index >= 15 is 0 Å². The summed E-state index contributed by atoms with van der Waals surface area (Å²) in [6, 6.07) is 3.93. The van der Waals surface area contributed by atoms with Gasteiger partial charge in [0, 0.05) is 12.5 Å². The minimum Gasteiger partial charge on any atom is -0.496 e. The Kier molecular flexibility index (Phi) is 2.73. The van der Waals surface area contributed by atoms with Crippen molar-refractivity contribution in [1.82, 2.24) is 5.32 Å². The van der Waals surface area contributed by atoms with Crippen molar-refractivity contribution in [2.75, 3.05) is 20.7 Å². The lowest BCUT2D eigenvalue weighted by atomic mass is 9.76. The van der Waals surface area contributed by atoms with Crippen LogP contribution in [0.3, 0.4) is 0 Å². The smallest absolute Gasteiger partial charge is 0.153 e. The molecular weight excluding hydrogens is 190 g/mol. The Morgan fingerprint density at radius 3 is 3.00 bits per heavy atom. The minimum absolute atomic E-state index is 0.569. The van der Waals surface area contributed by atoms with E-state index in [4.69, 9.17) is 4.74 Å². The average molecular weight is 205 g/mol. The Morgan fingerprint density at radius 1 is 1.60 bits per heavy atom. The first-order chi connectivity index (χ1) is 7.30. The summed E-state index contributed by atoms with van der Waals surface area (Å²) in [4.78, 5) is 10.8.